The van der Waals surface area contributed by atoms with Gasteiger partial charge in [0.2, 0.25) is 6.20 Å². The summed E-state index contributed by atoms with van der Waals surface area (Å²) in [5.74, 6) is 0. The van der Waals surface area contributed by atoms with E-state index >= 15 is 0 Å². The Morgan fingerprint density at radius 3 is 2.15 bits per heavy atom. The van der Waals surface area contributed by atoms with E-state index in [2.05, 4.69) is 22.2 Å². The van der Waals surface area contributed by atoms with Crippen LogP contribution in [0.2, 0.25) is 10.3 Å². The van der Waals surface area contributed by atoms with Gasteiger partial charge in [-0.1, -0.05) is 41.9 Å². The van der Waals surface area contributed by atoms with Gasteiger partial charge in [-0.15, -0.1) is 10.2 Å². The highest BCUT2D eigenvalue weighted by molar-refractivity contribution is 6.30. The van der Waals surface area contributed by atoms with Crippen molar-refractivity contribution in [2.75, 3.05) is 0 Å². The Balaban J connectivity index is 0.000000376. The maximum absolute atomic E-state index is 8.49. The first-order chi connectivity index (χ1) is 12.7. The zero-order valence-electron chi connectivity index (χ0n) is 13.4. The summed E-state index contributed by atoms with van der Waals surface area (Å²) in [5, 5.41) is 7.37. The van der Waals surface area contributed by atoms with Crippen molar-refractivity contribution < 1.29 is 33.4 Å². The minimum Gasteiger partial charge on any atom is -0.222 e. The molecule has 0 saturated heterocycles. The second-order valence-electron chi connectivity index (χ2n) is 5.31. The molecule has 10 heteroatoms. The van der Waals surface area contributed by atoms with E-state index in [0.29, 0.717) is 5.02 Å². The number of nitrogens with zero attached hydrogens (tertiary/aromatic N) is 3. The molecule has 0 bridgehead atoms. The van der Waals surface area contributed by atoms with Crippen LogP contribution in [-0.2, 0) is 0 Å². The van der Waals surface area contributed by atoms with Crippen LogP contribution in [-0.4, -0.2) is 10.1 Å². The molecule has 0 fully saturated rings. The second-order valence-corrected chi connectivity index (χ2v) is 6.84. The van der Waals surface area contributed by atoms with Crippen LogP contribution in [0.5, 0.6) is 0 Å². The van der Waals surface area contributed by atoms with E-state index in [-0.39, 0.29) is 5.28 Å². The van der Waals surface area contributed by atoms with Crippen molar-refractivity contribution in [2.45, 2.75) is 0 Å². The van der Waals surface area contributed by atoms with Crippen molar-refractivity contribution in [1.82, 2.24) is 10.1 Å². The predicted molar refractivity (Wildman–Crippen MR) is 88.2 cm³/mol. The van der Waals surface area contributed by atoms with Gasteiger partial charge < -0.3 is 0 Å². The van der Waals surface area contributed by atoms with Crippen molar-refractivity contribution in [1.29, 1.82) is 0 Å². The van der Waals surface area contributed by atoms with Crippen molar-refractivity contribution >= 4 is 39.5 Å². The Kier molecular flexibility index (Phi) is 5.73. The third-order valence-electron chi connectivity index (χ3n) is 3.58. The van der Waals surface area contributed by atoms with Crippen LogP contribution in [0.15, 0.2) is 60.8 Å². The van der Waals surface area contributed by atoms with Crippen LogP contribution < -0.4 is 23.2 Å². The Morgan fingerprint density at radius 1 is 0.852 bits per heavy atom. The van der Waals surface area contributed by atoms with Gasteiger partial charge in [-0.05, 0) is 39.7 Å². The van der Waals surface area contributed by atoms with Crippen LogP contribution in [0.1, 0.15) is 0 Å². The molecule has 0 saturated carbocycles. The molecule has 0 aliphatic carbocycles. The Morgan fingerprint density at radius 2 is 1.48 bits per heavy atom. The molecule has 0 unspecified atom stereocenters. The van der Waals surface area contributed by atoms with Crippen LogP contribution in [0.3, 0.4) is 0 Å². The number of hydrogen-bond acceptors (Lipinski definition) is 6. The normalized spacial score (nSPS) is 11.3. The lowest BCUT2D eigenvalue weighted by Gasteiger charge is -2.17. The SMILES string of the molecule is Clc1ccc(-c2nc(Cl)n[n+]3ccc4ccccc4c23)cc1.[O-][Cl+3]([O-])([O-])[O-]. The molecule has 0 aliphatic rings. The van der Waals surface area contributed by atoms with Crippen LogP contribution in [0.25, 0.3) is 27.5 Å². The highest BCUT2D eigenvalue weighted by atomic mass is 35.7. The molecule has 0 atom stereocenters. The van der Waals surface area contributed by atoms with Gasteiger partial charge in [0, 0.05) is 21.8 Å². The number of halogens is 3. The van der Waals surface area contributed by atoms with Crippen LogP contribution in [0, 0.1) is 10.2 Å². The Bertz CT molecular complexity index is 1100. The van der Waals surface area contributed by atoms with Gasteiger partial charge in [0.15, 0.2) is 0 Å². The molecule has 0 spiro atoms. The van der Waals surface area contributed by atoms with E-state index in [1.165, 1.54) is 0 Å². The zero-order valence-corrected chi connectivity index (χ0v) is 15.6. The molecule has 2 heterocycles. The number of hydrogen-bond donors (Lipinski definition) is 0. The van der Waals surface area contributed by atoms with Crippen molar-refractivity contribution in [3.63, 3.8) is 0 Å². The van der Waals surface area contributed by atoms with E-state index in [9.17, 15) is 0 Å². The van der Waals surface area contributed by atoms with Crippen molar-refractivity contribution in [3.05, 3.63) is 71.1 Å². The first kappa shape index (κ1) is 19.7. The fraction of sp³-hybridized carbons (Fsp3) is 0. The van der Waals surface area contributed by atoms with Crippen molar-refractivity contribution in [3.8, 4) is 11.3 Å². The van der Waals surface area contributed by atoms with Crippen molar-refractivity contribution in [2.24, 2.45) is 0 Å². The fourth-order valence-electron chi connectivity index (χ4n) is 2.59. The second kappa shape index (κ2) is 7.87. The molecule has 2 aromatic carbocycles. The first-order valence-electron chi connectivity index (χ1n) is 7.37. The summed E-state index contributed by atoms with van der Waals surface area (Å²) < 4.78 is 35.7. The summed E-state index contributed by atoms with van der Waals surface area (Å²) >= 11 is 12.1. The number of fused-ring (bicyclic) bond motifs is 3. The standard InChI is InChI=1S/C17H10Cl2N3.ClHO4/c18-13-7-5-12(6-8-13)15-16-14-4-2-1-3-11(14)9-10-22(16)21-17(19)20-15;2-1(3,4)5/h1-10H;(H,2,3,4,5)/q+1;/p-1. The van der Waals surface area contributed by atoms with Gasteiger partial charge in [-0.3, -0.25) is 0 Å². The lowest BCUT2D eigenvalue weighted by Crippen LogP contribution is -2.68. The number of rotatable bonds is 1. The molecule has 0 N–H and O–H groups in total. The molecule has 4 aromatic rings. The average Bonchev–Trinajstić information content (AvgIpc) is 2.60. The number of aromatic nitrogens is 3. The summed E-state index contributed by atoms with van der Waals surface area (Å²) in [5.41, 5.74) is 2.65. The summed E-state index contributed by atoms with van der Waals surface area (Å²) in [6, 6.07) is 17.7. The molecule has 138 valence electrons. The molecule has 27 heavy (non-hydrogen) atoms. The van der Waals surface area contributed by atoms with Gasteiger partial charge in [0.05, 0.1) is 5.39 Å². The molecular formula is C17H10Cl3N3O4. The molecular weight excluding hydrogens is 417 g/mol. The lowest BCUT2D eigenvalue weighted by molar-refractivity contribution is -2.00. The lowest BCUT2D eigenvalue weighted by atomic mass is 10.1. The highest BCUT2D eigenvalue weighted by Crippen LogP contribution is 2.27. The van der Waals surface area contributed by atoms with Crippen LogP contribution >= 0.6 is 23.2 Å². The summed E-state index contributed by atoms with van der Waals surface area (Å²) in [6.45, 7) is 0. The van der Waals surface area contributed by atoms with Gasteiger partial charge in [0.25, 0.3) is 10.8 Å². The van der Waals surface area contributed by atoms with Gasteiger partial charge in [-0.25, -0.2) is 23.6 Å². The summed E-state index contributed by atoms with van der Waals surface area (Å²) in [6.07, 6.45) is 1.89. The summed E-state index contributed by atoms with van der Waals surface area (Å²) in [4.78, 5) is 4.44. The van der Waals surface area contributed by atoms with Crippen LogP contribution in [0.4, 0.5) is 0 Å². The molecule has 4 rings (SSSR count). The maximum atomic E-state index is 8.49. The van der Waals surface area contributed by atoms with E-state index in [1.54, 1.807) is 4.52 Å². The van der Waals surface area contributed by atoms with Gasteiger partial charge >= 0.3 is 0 Å². The summed E-state index contributed by atoms with van der Waals surface area (Å²) in [7, 11) is -4.94. The molecule has 0 radical (unpaired) electrons. The molecule has 0 amide bonds. The molecule has 2 aromatic heterocycles. The largest absolute Gasteiger partial charge is 0.289 e. The third-order valence-corrected chi connectivity index (χ3v) is 3.99. The van der Waals surface area contributed by atoms with E-state index < -0.39 is 10.2 Å². The monoisotopic (exact) mass is 425 g/mol. The predicted octanol–water partition coefficient (Wildman–Crippen LogP) is -0.414. The fourth-order valence-corrected chi connectivity index (χ4v) is 2.88. The van der Waals surface area contributed by atoms with Gasteiger partial charge in [0.1, 0.15) is 5.69 Å². The van der Waals surface area contributed by atoms with E-state index in [1.807, 2.05) is 48.7 Å². The van der Waals surface area contributed by atoms with E-state index in [4.69, 9.17) is 41.8 Å². The topological polar surface area (TPSA) is 122 Å². The maximum Gasteiger partial charge on any atom is 0.289 e. The minimum atomic E-state index is -4.94. The zero-order chi connectivity index (χ0) is 19.6. The number of benzene rings is 2. The minimum absolute atomic E-state index is 0.206. The third kappa shape index (κ3) is 5.00. The van der Waals surface area contributed by atoms with Gasteiger partial charge in [-0.2, -0.15) is 0 Å². The Labute approximate surface area is 165 Å². The average molecular weight is 427 g/mol. The molecule has 7 nitrogen and oxygen atoms in total. The quantitative estimate of drug-likeness (QED) is 0.301. The number of pyridine rings is 1. The Hall–Kier alpha value is -2.10. The first-order valence-corrected chi connectivity index (χ1v) is 9.36. The van der Waals surface area contributed by atoms with E-state index in [0.717, 1.165) is 27.5 Å². The highest BCUT2D eigenvalue weighted by Gasteiger charge is 2.19. The smallest absolute Gasteiger partial charge is 0.222 e. The molecule has 0 aliphatic heterocycles.